The summed E-state index contributed by atoms with van der Waals surface area (Å²) in [6.45, 7) is 2.24. The van der Waals surface area contributed by atoms with Gasteiger partial charge in [0.25, 0.3) is 0 Å². The molecule has 0 radical (unpaired) electrons. The van der Waals surface area contributed by atoms with Gasteiger partial charge in [-0.2, -0.15) is 5.10 Å². The van der Waals surface area contributed by atoms with E-state index >= 15 is 0 Å². The van der Waals surface area contributed by atoms with Crippen molar-refractivity contribution in [3.05, 3.63) is 53.8 Å². The fourth-order valence-electron chi connectivity index (χ4n) is 3.76. The third-order valence-electron chi connectivity index (χ3n) is 5.42. The van der Waals surface area contributed by atoms with Gasteiger partial charge in [-0.05, 0) is 62.8 Å². The topological polar surface area (TPSA) is 111 Å². The van der Waals surface area contributed by atoms with Gasteiger partial charge in [-0.3, -0.25) is 10.1 Å². The number of piperidine rings is 1. The van der Waals surface area contributed by atoms with E-state index in [9.17, 15) is 0 Å². The number of H-pyrrole nitrogens is 1. The average molecular weight is 418 g/mol. The number of halogens is 1. The van der Waals surface area contributed by atoms with E-state index in [1.807, 2.05) is 48.8 Å². The summed E-state index contributed by atoms with van der Waals surface area (Å²) < 4.78 is 0. The highest BCUT2D eigenvalue weighted by Crippen LogP contribution is 2.38. The van der Waals surface area contributed by atoms with E-state index in [0.717, 1.165) is 59.2 Å². The van der Waals surface area contributed by atoms with Gasteiger partial charge in [0.05, 0.1) is 11.3 Å². The summed E-state index contributed by atoms with van der Waals surface area (Å²) in [5, 5.41) is 8.72. The Hall–Kier alpha value is -2.45. The average Bonchev–Trinajstić information content (AvgIpc) is 3.14. The van der Waals surface area contributed by atoms with E-state index < -0.39 is 0 Å². The third-order valence-corrected chi connectivity index (χ3v) is 5.67. The fraction of sp³-hybridized carbons (Fsp3) is 0.333. The Kier molecular flexibility index (Phi) is 7.75. The number of rotatable bonds is 4. The SMILES string of the molecule is CN1CCC(N(C)c2n[nH]c(-c3ccc(Cl)cc3)c2-c2ccncc2)CC1.O.O. The molecule has 29 heavy (non-hydrogen) atoms. The number of likely N-dealkylation sites (tertiary alicyclic amines) is 1. The smallest absolute Gasteiger partial charge is 0.158 e. The van der Waals surface area contributed by atoms with Crippen LogP contribution in [-0.4, -0.2) is 64.3 Å². The molecule has 1 aliphatic rings. The number of benzene rings is 1. The van der Waals surface area contributed by atoms with E-state index in [-0.39, 0.29) is 11.0 Å². The van der Waals surface area contributed by atoms with Crippen LogP contribution in [0.2, 0.25) is 5.02 Å². The zero-order valence-corrected chi connectivity index (χ0v) is 17.4. The predicted octanol–water partition coefficient (Wildman–Crippen LogP) is 2.67. The molecule has 8 heteroatoms. The molecule has 3 heterocycles. The van der Waals surface area contributed by atoms with Crippen molar-refractivity contribution in [3.63, 3.8) is 0 Å². The maximum absolute atomic E-state index is 6.08. The molecule has 3 aromatic rings. The van der Waals surface area contributed by atoms with Gasteiger partial charge in [-0.15, -0.1) is 0 Å². The highest BCUT2D eigenvalue weighted by Gasteiger charge is 2.26. The molecule has 4 rings (SSSR count). The molecule has 7 nitrogen and oxygen atoms in total. The second kappa shape index (κ2) is 9.84. The van der Waals surface area contributed by atoms with E-state index in [0.29, 0.717) is 6.04 Å². The van der Waals surface area contributed by atoms with Gasteiger partial charge in [0.2, 0.25) is 0 Å². The van der Waals surface area contributed by atoms with E-state index in [2.05, 4.69) is 34.0 Å². The summed E-state index contributed by atoms with van der Waals surface area (Å²) in [5.41, 5.74) is 4.30. The fourth-order valence-corrected chi connectivity index (χ4v) is 3.89. The Labute approximate surface area is 175 Å². The normalized spacial score (nSPS) is 14.7. The van der Waals surface area contributed by atoms with Gasteiger partial charge in [0, 0.05) is 36.1 Å². The van der Waals surface area contributed by atoms with Gasteiger partial charge in [-0.1, -0.05) is 23.7 Å². The molecule has 5 N–H and O–H groups in total. The van der Waals surface area contributed by atoms with Crippen LogP contribution in [-0.2, 0) is 0 Å². The number of hydrogen-bond acceptors (Lipinski definition) is 4. The zero-order chi connectivity index (χ0) is 18.8. The van der Waals surface area contributed by atoms with Crippen LogP contribution in [0.1, 0.15) is 12.8 Å². The van der Waals surface area contributed by atoms with Crippen molar-refractivity contribution in [2.45, 2.75) is 18.9 Å². The maximum Gasteiger partial charge on any atom is 0.158 e. The van der Waals surface area contributed by atoms with Gasteiger partial charge in [-0.25, -0.2) is 0 Å². The van der Waals surface area contributed by atoms with E-state index in [4.69, 9.17) is 16.7 Å². The standard InChI is InChI=1S/C21H24ClN5.2H2O/c1-26-13-9-18(10-14-26)27(2)21-19(15-7-11-23-12-8-15)20(24-25-21)16-3-5-17(22)6-4-16;;/h3-8,11-12,18H,9-10,13-14H2,1-2H3,(H,24,25);2*1H2. The molecule has 2 aromatic heterocycles. The molecular weight excluding hydrogens is 390 g/mol. The van der Waals surface area contributed by atoms with Crippen molar-refractivity contribution < 1.29 is 11.0 Å². The molecule has 1 aromatic carbocycles. The lowest BCUT2D eigenvalue weighted by molar-refractivity contribution is 0.252. The molecule has 1 saturated heterocycles. The number of hydrogen-bond donors (Lipinski definition) is 1. The summed E-state index contributed by atoms with van der Waals surface area (Å²) in [5.74, 6) is 0.987. The molecule has 1 fully saturated rings. The van der Waals surface area contributed by atoms with Crippen LogP contribution in [0.25, 0.3) is 22.4 Å². The first kappa shape index (κ1) is 22.8. The molecule has 0 amide bonds. The summed E-state index contributed by atoms with van der Waals surface area (Å²) >= 11 is 6.08. The van der Waals surface area contributed by atoms with Crippen molar-refractivity contribution in [3.8, 4) is 22.4 Å². The Bertz CT molecular complexity index is 893. The van der Waals surface area contributed by atoms with Gasteiger partial charge in [0.15, 0.2) is 5.82 Å². The van der Waals surface area contributed by atoms with Crippen LogP contribution < -0.4 is 4.90 Å². The van der Waals surface area contributed by atoms with Crippen molar-refractivity contribution in [2.75, 3.05) is 32.1 Å². The molecule has 0 aliphatic carbocycles. The van der Waals surface area contributed by atoms with Crippen LogP contribution >= 0.6 is 11.6 Å². The quantitative estimate of drug-likeness (QED) is 0.703. The molecular formula is C21H28ClN5O2. The molecule has 0 bridgehead atoms. The van der Waals surface area contributed by atoms with Crippen molar-refractivity contribution >= 4 is 17.4 Å². The minimum Gasteiger partial charge on any atom is -0.412 e. The molecule has 0 atom stereocenters. The van der Waals surface area contributed by atoms with Crippen molar-refractivity contribution in [1.82, 2.24) is 20.1 Å². The van der Waals surface area contributed by atoms with Crippen LogP contribution in [0.3, 0.4) is 0 Å². The number of pyridine rings is 1. The highest BCUT2D eigenvalue weighted by molar-refractivity contribution is 6.30. The monoisotopic (exact) mass is 417 g/mol. The molecule has 0 spiro atoms. The number of nitrogens with one attached hydrogen (secondary N) is 1. The largest absolute Gasteiger partial charge is 0.412 e. The number of anilines is 1. The molecule has 0 saturated carbocycles. The Morgan fingerprint density at radius 2 is 1.62 bits per heavy atom. The lowest BCUT2D eigenvalue weighted by Gasteiger charge is -2.35. The summed E-state index contributed by atoms with van der Waals surface area (Å²) in [7, 11) is 4.34. The minimum absolute atomic E-state index is 0. The maximum atomic E-state index is 6.08. The molecule has 0 unspecified atom stereocenters. The second-order valence-electron chi connectivity index (χ2n) is 7.19. The van der Waals surface area contributed by atoms with Crippen LogP contribution in [0.5, 0.6) is 0 Å². The molecule has 156 valence electrons. The lowest BCUT2D eigenvalue weighted by atomic mass is 9.99. The third kappa shape index (κ3) is 4.76. The lowest BCUT2D eigenvalue weighted by Crippen LogP contribution is -2.42. The van der Waals surface area contributed by atoms with Gasteiger partial charge < -0.3 is 20.8 Å². The first-order chi connectivity index (χ1) is 13.1. The first-order valence-electron chi connectivity index (χ1n) is 9.29. The summed E-state index contributed by atoms with van der Waals surface area (Å²) in [6.07, 6.45) is 5.94. The Morgan fingerprint density at radius 1 is 1.00 bits per heavy atom. The van der Waals surface area contributed by atoms with E-state index in [1.54, 1.807) is 0 Å². The van der Waals surface area contributed by atoms with Gasteiger partial charge in [0.1, 0.15) is 0 Å². The van der Waals surface area contributed by atoms with Crippen LogP contribution in [0.4, 0.5) is 5.82 Å². The molecule has 1 aliphatic heterocycles. The van der Waals surface area contributed by atoms with Crippen LogP contribution in [0, 0.1) is 0 Å². The Morgan fingerprint density at radius 3 is 2.24 bits per heavy atom. The van der Waals surface area contributed by atoms with Crippen molar-refractivity contribution in [2.24, 2.45) is 0 Å². The van der Waals surface area contributed by atoms with Crippen LogP contribution in [0.15, 0.2) is 48.8 Å². The second-order valence-corrected chi connectivity index (χ2v) is 7.62. The number of aromatic nitrogens is 3. The number of nitrogens with zero attached hydrogens (tertiary/aromatic N) is 4. The Balaban J connectivity index is 0.00000150. The summed E-state index contributed by atoms with van der Waals surface area (Å²) in [4.78, 5) is 8.89. The summed E-state index contributed by atoms with van der Waals surface area (Å²) in [6, 6.07) is 12.4. The first-order valence-corrected chi connectivity index (χ1v) is 9.67. The minimum atomic E-state index is 0. The zero-order valence-electron chi connectivity index (χ0n) is 16.7. The highest BCUT2D eigenvalue weighted by atomic mass is 35.5. The number of aromatic amines is 1. The van der Waals surface area contributed by atoms with E-state index in [1.165, 1.54) is 0 Å². The predicted molar refractivity (Wildman–Crippen MR) is 118 cm³/mol. The van der Waals surface area contributed by atoms with Crippen molar-refractivity contribution in [1.29, 1.82) is 0 Å². The van der Waals surface area contributed by atoms with Gasteiger partial charge >= 0.3 is 0 Å².